The Hall–Kier alpha value is -4.68. The van der Waals surface area contributed by atoms with Gasteiger partial charge < -0.3 is 19.3 Å². The van der Waals surface area contributed by atoms with Crippen molar-refractivity contribution in [3.63, 3.8) is 0 Å². The summed E-state index contributed by atoms with van der Waals surface area (Å²) in [7, 11) is 2.81. The summed E-state index contributed by atoms with van der Waals surface area (Å²) in [5.74, 6) is 0. The zero-order valence-electron chi connectivity index (χ0n) is 20.0. The first-order chi connectivity index (χ1) is 17.5. The van der Waals surface area contributed by atoms with Crippen molar-refractivity contribution in [3.8, 4) is 22.3 Å². The molecule has 0 saturated carbocycles. The van der Waals surface area contributed by atoms with Gasteiger partial charge in [-0.25, -0.2) is 9.59 Å². The Labute approximate surface area is 206 Å². The molecule has 2 aromatic heterocycles. The lowest BCUT2D eigenvalue weighted by atomic mass is 9.93. The minimum absolute atomic E-state index is 0.375. The molecule has 6 heteroatoms. The molecule has 180 valence electrons. The average Bonchev–Trinajstić information content (AvgIpc) is 2.91. The third-order valence-electron chi connectivity index (χ3n) is 5.86. The van der Waals surface area contributed by atoms with Crippen molar-refractivity contribution >= 4 is 40.1 Å². The quantitative estimate of drug-likeness (QED) is 0.374. The second-order valence-electron chi connectivity index (χ2n) is 7.90. The predicted molar refractivity (Wildman–Crippen MR) is 147 cm³/mol. The highest BCUT2D eigenvalue weighted by Gasteiger charge is 2.16. The molecule has 2 heterocycles. The summed E-state index contributed by atoms with van der Waals surface area (Å²) >= 11 is 0. The molecule has 6 nitrogen and oxygen atoms in total. The van der Waals surface area contributed by atoms with Crippen LogP contribution in [0.1, 0.15) is 0 Å². The molecule has 0 fully saturated rings. The van der Waals surface area contributed by atoms with E-state index in [-0.39, 0.29) is 0 Å². The van der Waals surface area contributed by atoms with Crippen LogP contribution in [0.15, 0.2) is 97.8 Å². The molecule has 0 unspecified atom stereocenters. The van der Waals surface area contributed by atoms with Crippen LogP contribution in [0.25, 0.3) is 56.7 Å². The standard InChI is InChI=1S/C29H21NO4.CH4O/c1-4-7-26-17(2)14-24(28(31)33-26)22-12-13-23(21-9-6-5-8-20(21)22)25-15-18-10-11-19(30-3)16-27(18)34-29(25)32;1-2/h4-16,30H,1-2H2,3H3;2H,1H3/b26-7+;. The van der Waals surface area contributed by atoms with E-state index in [2.05, 4.69) is 18.5 Å². The summed E-state index contributed by atoms with van der Waals surface area (Å²) in [4.78, 5) is 25.8. The van der Waals surface area contributed by atoms with Crippen LogP contribution in [0.2, 0.25) is 0 Å². The maximum Gasteiger partial charge on any atom is 0.344 e. The maximum atomic E-state index is 13.0. The molecule has 5 aromatic rings. The van der Waals surface area contributed by atoms with E-state index in [4.69, 9.17) is 13.9 Å². The van der Waals surface area contributed by atoms with Gasteiger partial charge in [-0.15, -0.1) is 0 Å². The van der Waals surface area contributed by atoms with Gasteiger partial charge in [0.15, 0.2) is 0 Å². The molecule has 0 aliphatic carbocycles. The molecule has 0 aliphatic rings. The van der Waals surface area contributed by atoms with Gasteiger partial charge in [0.1, 0.15) is 11.0 Å². The molecule has 0 atom stereocenters. The highest BCUT2D eigenvalue weighted by molar-refractivity contribution is 6.05. The Kier molecular flexibility index (Phi) is 6.99. The Morgan fingerprint density at radius 3 is 2.03 bits per heavy atom. The van der Waals surface area contributed by atoms with E-state index in [1.807, 2.05) is 61.6 Å². The molecular weight excluding hydrogens is 454 g/mol. The molecule has 2 N–H and O–H groups in total. The number of hydrogen-bond donors (Lipinski definition) is 2. The van der Waals surface area contributed by atoms with Crippen LogP contribution in [-0.2, 0) is 0 Å². The Balaban J connectivity index is 0.00000148. The Morgan fingerprint density at radius 2 is 1.42 bits per heavy atom. The minimum Gasteiger partial charge on any atom is -0.422 e. The van der Waals surface area contributed by atoms with Gasteiger partial charge in [0.05, 0.1) is 11.1 Å². The Morgan fingerprint density at radius 1 is 0.806 bits per heavy atom. The third kappa shape index (κ3) is 4.37. The van der Waals surface area contributed by atoms with Crippen LogP contribution in [0.4, 0.5) is 5.69 Å². The van der Waals surface area contributed by atoms with E-state index >= 15 is 0 Å². The number of fused-ring (bicyclic) bond motifs is 2. The fourth-order valence-corrected chi connectivity index (χ4v) is 4.18. The fraction of sp³-hybridized carbons (Fsp3) is 0.0667. The molecule has 0 spiro atoms. The fourth-order valence-electron chi connectivity index (χ4n) is 4.18. The number of benzene rings is 3. The summed E-state index contributed by atoms with van der Waals surface area (Å²) < 4.78 is 11.1. The summed E-state index contributed by atoms with van der Waals surface area (Å²) in [5, 5.41) is 13.1. The van der Waals surface area contributed by atoms with Crippen LogP contribution < -0.4 is 27.2 Å². The zero-order valence-corrected chi connectivity index (χ0v) is 20.0. The normalized spacial score (nSPS) is 11.2. The summed E-state index contributed by atoms with van der Waals surface area (Å²) in [6.07, 6.45) is 3.15. The Bertz CT molecular complexity index is 1830. The van der Waals surface area contributed by atoms with Crippen molar-refractivity contribution in [3.05, 3.63) is 111 Å². The van der Waals surface area contributed by atoms with Gasteiger partial charge in [-0.3, -0.25) is 0 Å². The first kappa shape index (κ1) is 24.4. The van der Waals surface area contributed by atoms with Crippen molar-refractivity contribution in [2.24, 2.45) is 0 Å². The SMILES string of the molecule is C=C/C=c1/oc(=O)c(-c2ccc(-c3cc4ccc(NC)cc4oc3=O)c3ccccc23)cc1=C.CO. The number of hydrogen-bond acceptors (Lipinski definition) is 6. The van der Waals surface area contributed by atoms with Gasteiger partial charge in [-0.1, -0.05) is 55.6 Å². The van der Waals surface area contributed by atoms with Crippen LogP contribution in [0, 0.1) is 0 Å². The molecular formula is C30H25NO5. The first-order valence-corrected chi connectivity index (χ1v) is 11.2. The van der Waals surface area contributed by atoms with E-state index < -0.39 is 11.3 Å². The van der Waals surface area contributed by atoms with Gasteiger partial charge in [0, 0.05) is 36.5 Å². The van der Waals surface area contributed by atoms with E-state index in [9.17, 15) is 9.59 Å². The van der Waals surface area contributed by atoms with Crippen molar-refractivity contribution in [1.29, 1.82) is 0 Å². The van der Waals surface area contributed by atoms with Crippen molar-refractivity contribution in [1.82, 2.24) is 0 Å². The second-order valence-corrected chi connectivity index (χ2v) is 7.90. The van der Waals surface area contributed by atoms with Crippen LogP contribution in [-0.4, -0.2) is 19.3 Å². The van der Waals surface area contributed by atoms with Gasteiger partial charge in [0.2, 0.25) is 0 Å². The van der Waals surface area contributed by atoms with Crippen molar-refractivity contribution in [2.75, 3.05) is 19.5 Å². The van der Waals surface area contributed by atoms with E-state index in [0.29, 0.717) is 32.9 Å². The highest BCUT2D eigenvalue weighted by Crippen LogP contribution is 2.34. The summed E-state index contributed by atoms with van der Waals surface area (Å²) in [6, 6.07) is 20.5. The monoisotopic (exact) mass is 479 g/mol. The third-order valence-corrected chi connectivity index (χ3v) is 5.86. The van der Waals surface area contributed by atoms with E-state index in [0.717, 1.165) is 34.5 Å². The summed E-state index contributed by atoms with van der Waals surface area (Å²) in [5.41, 5.74) is 3.13. The van der Waals surface area contributed by atoms with E-state index in [1.54, 1.807) is 24.3 Å². The topological polar surface area (TPSA) is 92.7 Å². The summed E-state index contributed by atoms with van der Waals surface area (Å²) in [6.45, 7) is 7.63. The van der Waals surface area contributed by atoms with Gasteiger partial charge in [0.25, 0.3) is 0 Å². The smallest absolute Gasteiger partial charge is 0.344 e. The minimum atomic E-state index is -0.469. The maximum absolute atomic E-state index is 13.0. The van der Waals surface area contributed by atoms with Gasteiger partial charge in [-0.2, -0.15) is 0 Å². The number of allylic oxidation sites excluding steroid dienone is 1. The first-order valence-electron chi connectivity index (χ1n) is 11.2. The molecule has 36 heavy (non-hydrogen) atoms. The molecule has 0 aliphatic heterocycles. The van der Waals surface area contributed by atoms with Crippen LogP contribution in [0.3, 0.4) is 0 Å². The predicted octanol–water partition coefficient (Wildman–Crippen LogP) is 4.26. The van der Waals surface area contributed by atoms with E-state index in [1.165, 1.54) is 0 Å². The van der Waals surface area contributed by atoms with Crippen LogP contribution in [0.5, 0.6) is 0 Å². The average molecular weight is 480 g/mol. The molecule has 0 saturated heterocycles. The molecule has 3 aromatic carbocycles. The highest BCUT2D eigenvalue weighted by atomic mass is 16.4. The van der Waals surface area contributed by atoms with Gasteiger partial charge >= 0.3 is 11.3 Å². The number of aliphatic hydroxyl groups excluding tert-OH is 1. The lowest BCUT2D eigenvalue weighted by Gasteiger charge is -2.11. The van der Waals surface area contributed by atoms with Gasteiger partial charge in [-0.05, 0) is 52.2 Å². The number of nitrogens with one attached hydrogen (secondary N) is 1. The van der Waals surface area contributed by atoms with Crippen LogP contribution >= 0.6 is 0 Å². The zero-order chi connectivity index (χ0) is 25.8. The van der Waals surface area contributed by atoms with Crippen molar-refractivity contribution < 1.29 is 13.9 Å². The largest absolute Gasteiger partial charge is 0.422 e. The lowest BCUT2D eigenvalue weighted by Crippen LogP contribution is -2.28. The van der Waals surface area contributed by atoms with Crippen molar-refractivity contribution in [2.45, 2.75) is 0 Å². The number of aliphatic hydroxyl groups is 1. The lowest BCUT2D eigenvalue weighted by molar-refractivity contribution is 0.399. The molecule has 0 amide bonds. The number of anilines is 1. The number of rotatable bonds is 4. The molecule has 5 rings (SSSR count). The molecule has 0 bridgehead atoms. The second kappa shape index (κ2) is 10.3. The molecule has 0 radical (unpaired) electrons.